The SMILES string of the molecule is CCCCSc1nc2n(n1)C(c1ccc(OCc3ccc(C(C)(C)C)cc3)cc1)C(C(=O)OCc1ccccc1)=C(C)N2. The molecule has 1 unspecified atom stereocenters. The topological polar surface area (TPSA) is 78.3 Å². The molecule has 1 aliphatic heterocycles. The van der Waals surface area contributed by atoms with Crippen LogP contribution in [0.4, 0.5) is 5.95 Å². The lowest BCUT2D eigenvalue weighted by atomic mass is 9.87. The van der Waals surface area contributed by atoms with Crippen LogP contribution in [0.15, 0.2) is 95.3 Å². The highest BCUT2D eigenvalue weighted by molar-refractivity contribution is 7.99. The van der Waals surface area contributed by atoms with E-state index in [9.17, 15) is 4.79 Å². The minimum atomic E-state index is -0.494. The number of esters is 1. The fraction of sp³-hybridized carbons (Fsp3) is 0.343. The van der Waals surface area contributed by atoms with Crippen LogP contribution in [0.5, 0.6) is 5.75 Å². The summed E-state index contributed by atoms with van der Waals surface area (Å²) < 4.78 is 13.7. The first-order valence-electron chi connectivity index (χ1n) is 14.8. The minimum absolute atomic E-state index is 0.113. The van der Waals surface area contributed by atoms with Gasteiger partial charge in [-0.1, -0.05) is 113 Å². The van der Waals surface area contributed by atoms with E-state index in [0.29, 0.717) is 29.0 Å². The van der Waals surface area contributed by atoms with Gasteiger partial charge in [0.15, 0.2) is 0 Å². The third kappa shape index (κ3) is 7.49. The Morgan fingerprint density at radius 2 is 1.65 bits per heavy atom. The van der Waals surface area contributed by atoms with Crippen molar-refractivity contribution in [3.63, 3.8) is 0 Å². The summed E-state index contributed by atoms with van der Waals surface area (Å²) in [6.45, 7) is 11.3. The van der Waals surface area contributed by atoms with E-state index in [1.807, 2.05) is 61.5 Å². The number of hydrogen-bond donors (Lipinski definition) is 1. The van der Waals surface area contributed by atoms with Crippen LogP contribution in [0.3, 0.4) is 0 Å². The fourth-order valence-electron chi connectivity index (χ4n) is 4.89. The van der Waals surface area contributed by atoms with E-state index >= 15 is 0 Å². The molecule has 0 spiro atoms. The number of unbranched alkanes of at least 4 members (excludes halogenated alkanes) is 1. The maximum atomic E-state index is 13.6. The lowest BCUT2D eigenvalue weighted by Crippen LogP contribution is -2.29. The van der Waals surface area contributed by atoms with E-state index in [4.69, 9.17) is 19.6 Å². The first-order chi connectivity index (χ1) is 20.7. The minimum Gasteiger partial charge on any atom is -0.489 e. The molecule has 0 aliphatic carbocycles. The Morgan fingerprint density at radius 1 is 0.953 bits per heavy atom. The summed E-state index contributed by atoms with van der Waals surface area (Å²) in [7, 11) is 0. The van der Waals surface area contributed by atoms with Crippen molar-refractivity contribution < 1.29 is 14.3 Å². The molecule has 7 nitrogen and oxygen atoms in total. The van der Waals surface area contributed by atoms with Crippen LogP contribution in [0.2, 0.25) is 0 Å². The first kappa shape index (κ1) is 30.4. The van der Waals surface area contributed by atoms with Crippen molar-refractivity contribution in [3.8, 4) is 5.75 Å². The van der Waals surface area contributed by atoms with Gasteiger partial charge < -0.3 is 14.8 Å². The summed E-state index contributed by atoms with van der Waals surface area (Å²) in [5.74, 6) is 1.91. The summed E-state index contributed by atoms with van der Waals surface area (Å²) in [6, 6.07) is 25.6. The van der Waals surface area contributed by atoms with Gasteiger partial charge in [0.1, 0.15) is 25.0 Å². The second-order valence-corrected chi connectivity index (χ2v) is 12.9. The van der Waals surface area contributed by atoms with Crippen molar-refractivity contribution in [3.05, 3.63) is 112 Å². The Morgan fingerprint density at radius 3 is 2.33 bits per heavy atom. The van der Waals surface area contributed by atoms with Gasteiger partial charge >= 0.3 is 5.97 Å². The third-order valence-corrected chi connectivity index (χ3v) is 8.34. The number of benzene rings is 3. The molecule has 1 aromatic heterocycles. The van der Waals surface area contributed by atoms with Crippen molar-refractivity contribution in [1.82, 2.24) is 14.8 Å². The maximum Gasteiger partial charge on any atom is 0.338 e. The number of carbonyl (C=O) groups excluding carboxylic acids is 1. The number of hydrogen-bond acceptors (Lipinski definition) is 7. The van der Waals surface area contributed by atoms with Gasteiger partial charge in [-0.25, -0.2) is 9.48 Å². The molecule has 1 atom stereocenters. The van der Waals surface area contributed by atoms with Crippen LogP contribution in [0.25, 0.3) is 0 Å². The molecule has 0 saturated heterocycles. The number of carbonyl (C=O) groups is 1. The predicted molar refractivity (Wildman–Crippen MR) is 172 cm³/mol. The number of anilines is 1. The molecule has 4 aromatic rings. The molecule has 1 aliphatic rings. The zero-order valence-corrected chi connectivity index (χ0v) is 26.4. The number of rotatable bonds is 11. The number of fused-ring (bicyclic) bond motifs is 1. The lowest BCUT2D eigenvalue weighted by Gasteiger charge is -2.28. The second kappa shape index (κ2) is 13.5. The average molecular weight is 597 g/mol. The van der Waals surface area contributed by atoms with Gasteiger partial charge in [0.2, 0.25) is 11.1 Å². The zero-order valence-electron chi connectivity index (χ0n) is 25.6. The summed E-state index contributed by atoms with van der Waals surface area (Å²) in [4.78, 5) is 18.3. The summed E-state index contributed by atoms with van der Waals surface area (Å²) in [5.41, 5.74) is 5.55. The molecule has 0 amide bonds. The Kier molecular flexibility index (Phi) is 9.56. The number of thioether (sulfide) groups is 1. The Balaban J connectivity index is 1.37. The third-order valence-electron chi connectivity index (χ3n) is 7.42. The summed E-state index contributed by atoms with van der Waals surface area (Å²) >= 11 is 1.63. The molecule has 1 N–H and O–H groups in total. The summed E-state index contributed by atoms with van der Waals surface area (Å²) in [5, 5.41) is 8.80. The summed E-state index contributed by atoms with van der Waals surface area (Å²) in [6.07, 6.45) is 2.19. The van der Waals surface area contributed by atoms with Gasteiger partial charge in [0.05, 0.1) is 5.57 Å². The molecular formula is C35H40N4O3S. The number of allylic oxidation sites excluding steroid dienone is 1. The lowest BCUT2D eigenvalue weighted by molar-refractivity contribution is -0.140. The number of nitrogens with zero attached hydrogens (tertiary/aromatic N) is 3. The van der Waals surface area contributed by atoms with E-state index in [1.54, 1.807) is 16.4 Å². The predicted octanol–water partition coefficient (Wildman–Crippen LogP) is 8.08. The molecule has 0 radical (unpaired) electrons. The smallest absolute Gasteiger partial charge is 0.338 e. The highest BCUT2D eigenvalue weighted by atomic mass is 32.2. The van der Waals surface area contributed by atoms with Gasteiger partial charge in [0.25, 0.3) is 0 Å². The van der Waals surface area contributed by atoms with E-state index in [2.05, 4.69) is 57.3 Å². The molecular weight excluding hydrogens is 556 g/mol. The van der Waals surface area contributed by atoms with E-state index in [0.717, 1.165) is 41.0 Å². The van der Waals surface area contributed by atoms with E-state index in [-0.39, 0.29) is 18.0 Å². The van der Waals surface area contributed by atoms with Gasteiger partial charge in [-0.05, 0) is 53.1 Å². The Hall–Kier alpha value is -4.04. The van der Waals surface area contributed by atoms with Crippen LogP contribution < -0.4 is 10.1 Å². The maximum absolute atomic E-state index is 13.6. The molecule has 3 aromatic carbocycles. The van der Waals surface area contributed by atoms with Crippen LogP contribution in [0.1, 0.15) is 75.8 Å². The van der Waals surface area contributed by atoms with Gasteiger partial charge in [-0.3, -0.25) is 0 Å². The van der Waals surface area contributed by atoms with Crippen molar-refractivity contribution >= 4 is 23.7 Å². The molecule has 2 heterocycles. The highest BCUT2D eigenvalue weighted by Crippen LogP contribution is 2.37. The fourth-order valence-corrected chi connectivity index (χ4v) is 5.80. The van der Waals surface area contributed by atoms with Crippen molar-refractivity contribution in [2.24, 2.45) is 0 Å². The number of nitrogens with one attached hydrogen (secondary N) is 1. The Bertz CT molecular complexity index is 1560. The molecule has 5 rings (SSSR count). The molecule has 8 heteroatoms. The molecule has 43 heavy (non-hydrogen) atoms. The average Bonchev–Trinajstić information content (AvgIpc) is 3.41. The molecule has 0 saturated carbocycles. The molecule has 224 valence electrons. The van der Waals surface area contributed by atoms with E-state index < -0.39 is 6.04 Å². The van der Waals surface area contributed by atoms with Crippen molar-refractivity contribution in [2.75, 3.05) is 11.1 Å². The number of ether oxygens (including phenoxy) is 2. The van der Waals surface area contributed by atoms with Gasteiger partial charge in [-0.2, -0.15) is 4.98 Å². The van der Waals surface area contributed by atoms with Gasteiger partial charge in [-0.15, -0.1) is 5.10 Å². The second-order valence-electron chi connectivity index (χ2n) is 11.8. The number of aromatic nitrogens is 3. The monoisotopic (exact) mass is 596 g/mol. The largest absolute Gasteiger partial charge is 0.489 e. The normalized spacial score (nSPS) is 14.7. The van der Waals surface area contributed by atoms with Crippen LogP contribution >= 0.6 is 11.8 Å². The molecule has 0 fully saturated rings. The van der Waals surface area contributed by atoms with Crippen LogP contribution in [-0.4, -0.2) is 26.5 Å². The van der Waals surface area contributed by atoms with Crippen LogP contribution in [0, 0.1) is 0 Å². The van der Waals surface area contributed by atoms with Crippen molar-refractivity contribution in [1.29, 1.82) is 0 Å². The standard InChI is InChI=1S/C35H40N4O3S/c1-6-7-21-43-34-37-33-36-24(2)30(32(40)42-23-25-11-9-8-10-12-25)31(39(33)38-34)27-15-19-29(20-16-27)41-22-26-13-17-28(18-14-26)35(3,4)5/h8-20,31H,6-7,21-23H2,1-5H3,(H,36,37,38). The Labute approximate surface area is 258 Å². The highest BCUT2D eigenvalue weighted by Gasteiger charge is 2.35. The zero-order chi connectivity index (χ0) is 30.4. The molecule has 0 bridgehead atoms. The van der Waals surface area contributed by atoms with Gasteiger partial charge in [0, 0.05) is 11.4 Å². The van der Waals surface area contributed by atoms with E-state index in [1.165, 1.54) is 5.56 Å². The van der Waals surface area contributed by atoms with Crippen molar-refractivity contribution in [2.45, 2.75) is 77.3 Å². The quantitative estimate of drug-likeness (QED) is 0.107. The first-order valence-corrected chi connectivity index (χ1v) is 15.8. The van der Waals surface area contributed by atoms with Crippen LogP contribution in [-0.2, 0) is 28.2 Å².